The van der Waals surface area contributed by atoms with Gasteiger partial charge < -0.3 is 4.90 Å². The quantitative estimate of drug-likeness (QED) is 0.703. The van der Waals surface area contributed by atoms with Gasteiger partial charge in [-0.15, -0.1) is 0 Å². The smallest absolute Gasteiger partial charge is 0.00459 e. The maximum absolute atomic E-state index is 4.48. The number of piperidine rings is 1. The van der Waals surface area contributed by atoms with E-state index < -0.39 is 0 Å². The Balaban J connectivity index is 1.80. The fraction of sp³-hybridized carbons (Fsp3) is 1.00. The van der Waals surface area contributed by atoms with Crippen molar-refractivity contribution >= 4 is 12.6 Å². The van der Waals surface area contributed by atoms with Crippen molar-refractivity contribution < 1.29 is 0 Å². The molecule has 0 aromatic rings. The van der Waals surface area contributed by atoms with Gasteiger partial charge in [0, 0.05) is 13.1 Å². The molecule has 0 aromatic heterocycles. The molecule has 1 aliphatic heterocycles. The summed E-state index contributed by atoms with van der Waals surface area (Å²) in [6.45, 7) is 6.35. The lowest BCUT2D eigenvalue weighted by molar-refractivity contribution is 0.148. The summed E-state index contributed by atoms with van der Waals surface area (Å²) < 4.78 is 0. The second-order valence-corrected chi connectivity index (χ2v) is 5.63. The van der Waals surface area contributed by atoms with Gasteiger partial charge in [0.15, 0.2) is 0 Å². The molecule has 0 N–H and O–H groups in total. The summed E-state index contributed by atoms with van der Waals surface area (Å²) in [5.74, 6) is 2.07. The molecule has 1 nitrogen and oxygen atoms in total. The van der Waals surface area contributed by atoms with Crippen molar-refractivity contribution in [2.75, 3.05) is 25.4 Å². The third-order valence-corrected chi connectivity index (χ3v) is 4.70. The van der Waals surface area contributed by atoms with Crippen molar-refractivity contribution in [3.8, 4) is 0 Å². The number of rotatable bonds is 4. The number of hydrogen-bond donors (Lipinski definition) is 1. The normalized spacial score (nSPS) is 31.7. The van der Waals surface area contributed by atoms with Crippen LogP contribution in [0.5, 0.6) is 0 Å². The Labute approximate surface area is 93.7 Å². The predicted molar refractivity (Wildman–Crippen MR) is 65.0 cm³/mol. The van der Waals surface area contributed by atoms with E-state index in [1.165, 1.54) is 51.7 Å². The highest BCUT2D eigenvalue weighted by Gasteiger charge is 2.42. The molecule has 0 amide bonds. The lowest BCUT2D eigenvalue weighted by atomic mass is 9.94. The first-order chi connectivity index (χ1) is 6.78. The van der Waals surface area contributed by atoms with E-state index in [1.807, 2.05) is 0 Å². The topological polar surface area (TPSA) is 3.24 Å². The highest BCUT2D eigenvalue weighted by Crippen LogP contribution is 2.47. The predicted octanol–water partition coefficient (Wildman–Crippen LogP) is 2.82. The molecule has 1 atom stereocenters. The van der Waals surface area contributed by atoms with E-state index in [2.05, 4.69) is 24.5 Å². The highest BCUT2D eigenvalue weighted by atomic mass is 32.1. The summed E-state index contributed by atoms with van der Waals surface area (Å²) in [5, 5.41) is 0. The maximum atomic E-state index is 4.48. The molecular weight excluding hydrogens is 190 g/mol. The Bertz CT molecular complexity index is 189. The molecule has 2 rings (SSSR count). The van der Waals surface area contributed by atoms with Crippen LogP contribution in [0.1, 0.15) is 39.0 Å². The number of likely N-dealkylation sites (tertiary alicyclic amines) is 1. The standard InChI is InChI=1S/C12H23NS/c1-2-11-4-3-7-13(8-11)9-12(10-14)5-6-12/h11,14H,2-10H2,1H3. The van der Waals surface area contributed by atoms with Crippen LogP contribution < -0.4 is 0 Å². The van der Waals surface area contributed by atoms with Crippen molar-refractivity contribution in [3.05, 3.63) is 0 Å². The first kappa shape index (κ1) is 10.8. The van der Waals surface area contributed by atoms with Crippen LogP contribution in [0, 0.1) is 11.3 Å². The van der Waals surface area contributed by atoms with Gasteiger partial charge in [0.25, 0.3) is 0 Å². The van der Waals surface area contributed by atoms with E-state index in [1.54, 1.807) is 0 Å². The maximum Gasteiger partial charge on any atom is 0.00459 e. The second-order valence-electron chi connectivity index (χ2n) is 5.31. The molecule has 82 valence electrons. The first-order valence-corrected chi connectivity index (χ1v) is 6.74. The second kappa shape index (κ2) is 4.44. The van der Waals surface area contributed by atoms with Gasteiger partial charge >= 0.3 is 0 Å². The molecule has 2 aliphatic rings. The van der Waals surface area contributed by atoms with Gasteiger partial charge in [0.1, 0.15) is 0 Å². The molecule has 0 radical (unpaired) electrons. The molecule has 2 heteroatoms. The molecule has 1 unspecified atom stereocenters. The Kier molecular flexibility index (Phi) is 3.43. The molecule has 1 aliphatic carbocycles. The highest BCUT2D eigenvalue weighted by molar-refractivity contribution is 7.80. The Morgan fingerprint density at radius 2 is 2.21 bits per heavy atom. The van der Waals surface area contributed by atoms with Gasteiger partial charge in [-0.25, -0.2) is 0 Å². The number of thiol groups is 1. The molecule has 0 bridgehead atoms. The summed E-state index contributed by atoms with van der Waals surface area (Å²) >= 11 is 4.48. The van der Waals surface area contributed by atoms with Crippen LogP contribution in [-0.2, 0) is 0 Å². The molecule has 0 spiro atoms. The lowest BCUT2D eigenvalue weighted by Crippen LogP contribution is -2.39. The van der Waals surface area contributed by atoms with E-state index in [0.29, 0.717) is 5.41 Å². The van der Waals surface area contributed by atoms with Crippen molar-refractivity contribution in [1.82, 2.24) is 4.90 Å². The zero-order chi connectivity index (χ0) is 10.0. The third-order valence-electron chi connectivity index (χ3n) is 4.03. The van der Waals surface area contributed by atoms with Gasteiger partial charge in [-0.3, -0.25) is 0 Å². The van der Waals surface area contributed by atoms with E-state index in [4.69, 9.17) is 0 Å². The Morgan fingerprint density at radius 3 is 2.79 bits per heavy atom. The van der Waals surface area contributed by atoms with E-state index in [9.17, 15) is 0 Å². The molecule has 2 fully saturated rings. The van der Waals surface area contributed by atoms with Crippen LogP contribution in [0.15, 0.2) is 0 Å². The average molecular weight is 213 g/mol. The largest absolute Gasteiger partial charge is 0.302 e. The summed E-state index contributed by atoms with van der Waals surface area (Å²) in [4.78, 5) is 2.70. The summed E-state index contributed by atoms with van der Waals surface area (Å²) in [7, 11) is 0. The van der Waals surface area contributed by atoms with Crippen LogP contribution in [0.2, 0.25) is 0 Å². The monoisotopic (exact) mass is 213 g/mol. The summed E-state index contributed by atoms with van der Waals surface area (Å²) in [6.07, 6.45) is 7.08. The minimum atomic E-state index is 0.624. The zero-order valence-electron chi connectivity index (χ0n) is 9.34. The zero-order valence-corrected chi connectivity index (χ0v) is 10.2. The molecule has 1 saturated carbocycles. The SMILES string of the molecule is CCC1CCCN(CC2(CS)CC2)C1. The van der Waals surface area contributed by atoms with Crippen molar-refractivity contribution in [1.29, 1.82) is 0 Å². The number of hydrogen-bond acceptors (Lipinski definition) is 2. The van der Waals surface area contributed by atoms with Gasteiger partial charge in [0.05, 0.1) is 0 Å². The minimum Gasteiger partial charge on any atom is -0.302 e. The van der Waals surface area contributed by atoms with Crippen LogP contribution in [0.3, 0.4) is 0 Å². The summed E-state index contributed by atoms with van der Waals surface area (Å²) in [5.41, 5.74) is 0.624. The fourth-order valence-electron chi connectivity index (χ4n) is 2.65. The molecule has 14 heavy (non-hydrogen) atoms. The van der Waals surface area contributed by atoms with E-state index >= 15 is 0 Å². The van der Waals surface area contributed by atoms with Crippen LogP contribution in [0.4, 0.5) is 0 Å². The fourth-order valence-corrected chi connectivity index (χ4v) is 3.06. The molecular formula is C12H23NS. The van der Waals surface area contributed by atoms with E-state index in [-0.39, 0.29) is 0 Å². The Hall–Kier alpha value is 0.310. The van der Waals surface area contributed by atoms with Gasteiger partial charge in [0.2, 0.25) is 0 Å². The van der Waals surface area contributed by atoms with Crippen LogP contribution in [0.25, 0.3) is 0 Å². The van der Waals surface area contributed by atoms with Gasteiger partial charge in [-0.05, 0) is 49.3 Å². The van der Waals surface area contributed by atoms with E-state index in [0.717, 1.165) is 11.7 Å². The molecule has 1 heterocycles. The first-order valence-electron chi connectivity index (χ1n) is 6.11. The molecule has 1 saturated heterocycles. The third kappa shape index (κ3) is 2.46. The minimum absolute atomic E-state index is 0.624. The lowest BCUT2D eigenvalue weighted by Gasteiger charge is -2.34. The Morgan fingerprint density at radius 1 is 1.43 bits per heavy atom. The average Bonchev–Trinajstić information content (AvgIpc) is 2.99. The van der Waals surface area contributed by atoms with Crippen LogP contribution in [-0.4, -0.2) is 30.3 Å². The van der Waals surface area contributed by atoms with Crippen LogP contribution >= 0.6 is 12.6 Å². The molecule has 0 aromatic carbocycles. The van der Waals surface area contributed by atoms with Gasteiger partial charge in [-0.2, -0.15) is 12.6 Å². The van der Waals surface area contributed by atoms with Crippen molar-refractivity contribution in [3.63, 3.8) is 0 Å². The summed E-state index contributed by atoms with van der Waals surface area (Å²) in [6, 6.07) is 0. The van der Waals surface area contributed by atoms with Crippen molar-refractivity contribution in [2.24, 2.45) is 11.3 Å². The number of nitrogens with zero attached hydrogens (tertiary/aromatic N) is 1. The van der Waals surface area contributed by atoms with Gasteiger partial charge in [-0.1, -0.05) is 13.3 Å². The van der Waals surface area contributed by atoms with Crippen molar-refractivity contribution in [2.45, 2.75) is 39.0 Å².